The van der Waals surface area contributed by atoms with E-state index in [-0.39, 0.29) is 34.1 Å². The van der Waals surface area contributed by atoms with E-state index < -0.39 is 17.1 Å². The summed E-state index contributed by atoms with van der Waals surface area (Å²) in [6.07, 6.45) is 1.42. The van der Waals surface area contributed by atoms with Crippen LogP contribution in [0.15, 0.2) is 36.7 Å². The van der Waals surface area contributed by atoms with Gasteiger partial charge in [0.1, 0.15) is 18.0 Å². The van der Waals surface area contributed by atoms with Gasteiger partial charge in [-0.25, -0.2) is 14.4 Å². The Bertz CT molecular complexity index is 1250. The first-order chi connectivity index (χ1) is 15.8. The van der Waals surface area contributed by atoms with Crippen LogP contribution < -0.4 is 16.0 Å². The van der Waals surface area contributed by atoms with E-state index in [0.717, 1.165) is 11.5 Å². The molecular formula is C25H29ClFN5O2. The standard InChI is InChI=1S/C25H29ClFN5O2/c1-24(2,3)23(34)28-12-14-10-16(17(26)11-18(14)27)22(33)31-19-9-7-8-15-20(19)29-13-30-21(15)32-25(4,5)6/h7-11,13H,12H2,1-6H3,(H,28,34)(H,31,33)(H,29,30,32). The van der Waals surface area contributed by atoms with E-state index in [1.54, 1.807) is 32.9 Å². The third kappa shape index (κ3) is 5.99. The average molecular weight is 486 g/mol. The first-order valence-corrected chi connectivity index (χ1v) is 11.2. The van der Waals surface area contributed by atoms with Crippen LogP contribution in [0.4, 0.5) is 15.9 Å². The largest absolute Gasteiger partial charge is 0.365 e. The van der Waals surface area contributed by atoms with Crippen molar-refractivity contribution >= 4 is 45.8 Å². The highest BCUT2D eigenvalue weighted by Gasteiger charge is 2.22. The summed E-state index contributed by atoms with van der Waals surface area (Å²) in [5, 5.41) is 9.54. The Labute approximate surface area is 203 Å². The molecule has 3 N–H and O–H groups in total. The van der Waals surface area contributed by atoms with Crippen molar-refractivity contribution in [2.24, 2.45) is 5.41 Å². The fraction of sp³-hybridized carbons (Fsp3) is 0.360. The number of nitrogens with one attached hydrogen (secondary N) is 3. The van der Waals surface area contributed by atoms with Crippen LogP contribution in [-0.2, 0) is 11.3 Å². The quantitative estimate of drug-likeness (QED) is 0.440. The molecule has 0 atom stereocenters. The van der Waals surface area contributed by atoms with Gasteiger partial charge in [0.15, 0.2) is 0 Å². The molecule has 0 aliphatic carbocycles. The normalized spacial score (nSPS) is 11.9. The monoisotopic (exact) mass is 485 g/mol. The van der Waals surface area contributed by atoms with Crippen molar-refractivity contribution < 1.29 is 14.0 Å². The molecule has 9 heteroatoms. The van der Waals surface area contributed by atoms with Gasteiger partial charge in [-0.2, -0.15) is 0 Å². The summed E-state index contributed by atoms with van der Waals surface area (Å²) < 4.78 is 14.5. The maximum atomic E-state index is 14.5. The van der Waals surface area contributed by atoms with Crippen molar-refractivity contribution in [1.29, 1.82) is 0 Å². The van der Waals surface area contributed by atoms with Crippen LogP contribution in [0.2, 0.25) is 5.02 Å². The molecule has 34 heavy (non-hydrogen) atoms. The predicted molar refractivity (Wildman–Crippen MR) is 134 cm³/mol. The number of rotatable bonds is 5. The molecule has 1 heterocycles. The molecule has 0 fully saturated rings. The van der Waals surface area contributed by atoms with Crippen molar-refractivity contribution in [3.05, 3.63) is 58.6 Å². The minimum atomic E-state index is -0.625. The third-order valence-electron chi connectivity index (χ3n) is 4.91. The van der Waals surface area contributed by atoms with Crippen LogP contribution >= 0.6 is 11.6 Å². The maximum Gasteiger partial charge on any atom is 0.257 e. The predicted octanol–water partition coefficient (Wildman–Crippen LogP) is 5.55. The van der Waals surface area contributed by atoms with Gasteiger partial charge < -0.3 is 16.0 Å². The molecular weight excluding hydrogens is 457 g/mol. The van der Waals surface area contributed by atoms with E-state index in [1.807, 2.05) is 26.8 Å². The number of anilines is 2. The smallest absolute Gasteiger partial charge is 0.257 e. The zero-order chi connectivity index (χ0) is 25.3. The summed E-state index contributed by atoms with van der Waals surface area (Å²) in [7, 11) is 0. The van der Waals surface area contributed by atoms with Crippen molar-refractivity contribution in [3.63, 3.8) is 0 Å². The van der Waals surface area contributed by atoms with Gasteiger partial charge in [0, 0.05) is 28.4 Å². The first-order valence-electron chi connectivity index (χ1n) is 10.9. The van der Waals surface area contributed by atoms with Crippen LogP contribution in [0, 0.1) is 11.2 Å². The van der Waals surface area contributed by atoms with Gasteiger partial charge in [-0.1, -0.05) is 38.4 Å². The van der Waals surface area contributed by atoms with Crippen LogP contribution in [0.5, 0.6) is 0 Å². The summed E-state index contributed by atoms with van der Waals surface area (Å²) in [4.78, 5) is 33.9. The number of carbonyl (C=O) groups is 2. The third-order valence-corrected chi connectivity index (χ3v) is 5.22. The number of nitrogens with zero attached hydrogens (tertiary/aromatic N) is 2. The first kappa shape index (κ1) is 25.4. The lowest BCUT2D eigenvalue weighted by Crippen LogP contribution is -2.34. The van der Waals surface area contributed by atoms with Gasteiger partial charge in [-0.3, -0.25) is 9.59 Å². The van der Waals surface area contributed by atoms with Crippen molar-refractivity contribution in [1.82, 2.24) is 15.3 Å². The van der Waals surface area contributed by atoms with E-state index in [0.29, 0.717) is 17.0 Å². The number of benzene rings is 2. The van der Waals surface area contributed by atoms with Gasteiger partial charge in [-0.05, 0) is 45.0 Å². The van der Waals surface area contributed by atoms with Crippen LogP contribution in [0.3, 0.4) is 0 Å². The second-order valence-electron chi connectivity index (χ2n) is 10.1. The Morgan fingerprint density at radius 3 is 2.41 bits per heavy atom. The van der Waals surface area contributed by atoms with Crippen molar-refractivity contribution in [3.8, 4) is 0 Å². The second-order valence-corrected chi connectivity index (χ2v) is 10.5. The van der Waals surface area contributed by atoms with Crippen molar-refractivity contribution in [2.75, 3.05) is 10.6 Å². The van der Waals surface area contributed by atoms with Gasteiger partial charge >= 0.3 is 0 Å². The second kappa shape index (κ2) is 9.54. The molecule has 0 radical (unpaired) electrons. The molecule has 0 aliphatic heterocycles. The minimum Gasteiger partial charge on any atom is -0.365 e. The molecule has 0 unspecified atom stereocenters. The lowest BCUT2D eigenvalue weighted by molar-refractivity contribution is -0.128. The Kier molecular flexibility index (Phi) is 7.12. The average Bonchev–Trinajstić information content (AvgIpc) is 2.71. The van der Waals surface area contributed by atoms with Crippen LogP contribution in [0.1, 0.15) is 57.5 Å². The number of hydrogen-bond acceptors (Lipinski definition) is 5. The van der Waals surface area contributed by atoms with Crippen LogP contribution in [0.25, 0.3) is 10.9 Å². The molecule has 0 saturated heterocycles. The highest BCUT2D eigenvalue weighted by molar-refractivity contribution is 6.34. The van der Waals surface area contributed by atoms with Gasteiger partial charge in [0.2, 0.25) is 5.91 Å². The van der Waals surface area contributed by atoms with Crippen molar-refractivity contribution in [2.45, 2.75) is 53.6 Å². The van der Waals surface area contributed by atoms with E-state index in [4.69, 9.17) is 11.6 Å². The van der Waals surface area contributed by atoms with Gasteiger partial charge in [0.25, 0.3) is 5.91 Å². The van der Waals surface area contributed by atoms with E-state index in [1.165, 1.54) is 12.4 Å². The molecule has 0 spiro atoms. The van der Waals surface area contributed by atoms with Gasteiger partial charge in [0.05, 0.1) is 21.8 Å². The SMILES string of the molecule is CC(C)(C)Nc1ncnc2c(NC(=O)c3cc(CNC(=O)C(C)(C)C)c(F)cc3Cl)cccc12. The summed E-state index contributed by atoms with van der Waals surface area (Å²) >= 11 is 6.19. The number of aromatic nitrogens is 2. The summed E-state index contributed by atoms with van der Waals surface area (Å²) in [5.74, 6) is -0.718. The molecule has 3 aromatic rings. The Morgan fingerprint density at radius 2 is 1.76 bits per heavy atom. The molecule has 7 nitrogen and oxygen atoms in total. The molecule has 2 amide bonds. The Hall–Kier alpha value is -3.26. The summed E-state index contributed by atoms with van der Waals surface area (Å²) in [6, 6.07) is 7.79. The fourth-order valence-corrected chi connectivity index (χ4v) is 3.41. The number of hydrogen-bond donors (Lipinski definition) is 3. The number of para-hydroxylation sites is 1. The highest BCUT2D eigenvalue weighted by atomic mass is 35.5. The van der Waals surface area contributed by atoms with Crippen LogP contribution in [-0.4, -0.2) is 27.3 Å². The molecule has 0 bridgehead atoms. The number of fused-ring (bicyclic) bond motifs is 1. The number of halogens is 2. The Morgan fingerprint density at radius 1 is 1.06 bits per heavy atom. The van der Waals surface area contributed by atoms with Gasteiger partial charge in [-0.15, -0.1) is 0 Å². The zero-order valence-corrected chi connectivity index (χ0v) is 20.9. The summed E-state index contributed by atoms with van der Waals surface area (Å²) in [5.41, 5.74) is 0.408. The minimum absolute atomic E-state index is 0.0363. The maximum absolute atomic E-state index is 14.5. The molecule has 1 aromatic heterocycles. The lowest BCUT2D eigenvalue weighted by Gasteiger charge is -2.22. The van der Waals surface area contributed by atoms with E-state index in [9.17, 15) is 14.0 Å². The zero-order valence-electron chi connectivity index (χ0n) is 20.1. The fourth-order valence-electron chi connectivity index (χ4n) is 3.18. The molecule has 0 saturated carbocycles. The Balaban J connectivity index is 1.90. The molecule has 180 valence electrons. The topological polar surface area (TPSA) is 96.0 Å². The molecule has 0 aliphatic rings. The van der Waals surface area contributed by atoms with E-state index >= 15 is 0 Å². The lowest BCUT2D eigenvalue weighted by atomic mass is 9.95. The molecule has 3 rings (SSSR count). The highest BCUT2D eigenvalue weighted by Crippen LogP contribution is 2.29. The number of amides is 2. The number of carbonyl (C=O) groups excluding carboxylic acids is 2. The molecule has 2 aromatic carbocycles. The summed E-state index contributed by atoms with van der Waals surface area (Å²) in [6.45, 7) is 11.3. The van der Waals surface area contributed by atoms with E-state index in [2.05, 4.69) is 25.9 Å².